The third-order valence-electron chi connectivity index (χ3n) is 2.98. The van der Waals surface area contributed by atoms with Crippen molar-refractivity contribution >= 4 is 0 Å². The normalized spacial score (nSPS) is 11.6. The lowest BCUT2D eigenvalue weighted by Gasteiger charge is -2.23. The van der Waals surface area contributed by atoms with E-state index in [-0.39, 0.29) is 12.0 Å². The molecule has 0 spiro atoms. The van der Waals surface area contributed by atoms with Crippen LogP contribution < -0.4 is 4.74 Å². The molecule has 0 aromatic heterocycles. The van der Waals surface area contributed by atoms with E-state index in [1.807, 2.05) is 6.07 Å². The fourth-order valence-corrected chi connectivity index (χ4v) is 1.89. The number of aliphatic hydroxyl groups excluding tert-OH is 1. The molecule has 108 valence electrons. The fraction of sp³-hybridized carbons (Fsp3) is 0.625. The maximum absolute atomic E-state index is 8.63. The van der Waals surface area contributed by atoms with Gasteiger partial charge < -0.3 is 14.6 Å². The van der Waals surface area contributed by atoms with Gasteiger partial charge in [-0.3, -0.25) is 0 Å². The summed E-state index contributed by atoms with van der Waals surface area (Å²) in [7, 11) is 0. The molecule has 1 aromatic carbocycles. The van der Waals surface area contributed by atoms with E-state index in [9.17, 15) is 0 Å². The Kier molecular flexibility index (Phi) is 6.32. The smallest absolute Gasteiger partial charge is 0.123 e. The van der Waals surface area contributed by atoms with Crippen molar-refractivity contribution in [2.24, 2.45) is 0 Å². The molecular weight excluding hydrogens is 240 g/mol. The Morgan fingerprint density at radius 3 is 2.42 bits per heavy atom. The van der Waals surface area contributed by atoms with Crippen molar-refractivity contribution in [2.45, 2.75) is 39.5 Å². The molecule has 1 N–H and O–H groups in total. The van der Waals surface area contributed by atoms with E-state index in [0.717, 1.165) is 12.2 Å². The predicted molar refractivity (Wildman–Crippen MR) is 77.9 cm³/mol. The van der Waals surface area contributed by atoms with Gasteiger partial charge in [0.15, 0.2) is 0 Å². The Hall–Kier alpha value is -1.06. The molecule has 0 unspecified atom stereocenters. The van der Waals surface area contributed by atoms with Gasteiger partial charge in [-0.2, -0.15) is 0 Å². The van der Waals surface area contributed by atoms with Crippen LogP contribution in [0.3, 0.4) is 0 Å². The zero-order chi connectivity index (χ0) is 14.3. The van der Waals surface area contributed by atoms with E-state index in [2.05, 4.69) is 39.8 Å². The summed E-state index contributed by atoms with van der Waals surface area (Å²) in [5, 5.41) is 8.63. The van der Waals surface area contributed by atoms with Crippen molar-refractivity contribution in [2.75, 3.05) is 26.4 Å². The minimum atomic E-state index is 0.0540. The second-order valence-corrected chi connectivity index (χ2v) is 5.62. The molecule has 0 aliphatic carbocycles. The maximum Gasteiger partial charge on any atom is 0.123 e. The Bertz CT molecular complexity index is 380. The average Bonchev–Trinajstić information content (AvgIpc) is 2.37. The van der Waals surface area contributed by atoms with Crippen molar-refractivity contribution in [3.05, 3.63) is 29.3 Å². The van der Waals surface area contributed by atoms with E-state index in [4.69, 9.17) is 14.6 Å². The summed E-state index contributed by atoms with van der Waals surface area (Å²) < 4.78 is 11.0. The zero-order valence-electron chi connectivity index (χ0n) is 12.5. The monoisotopic (exact) mass is 266 g/mol. The first kappa shape index (κ1) is 16.0. The van der Waals surface area contributed by atoms with Crippen LogP contribution in [0.5, 0.6) is 5.75 Å². The van der Waals surface area contributed by atoms with Crippen LogP contribution in [0.15, 0.2) is 18.2 Å². The van der Waals surface area contributed by atoms with Gasteiger partial charge in [0.2, 0.25) is 0 Å². The zero-order valence-corrected chi connectivity index (χ0v) is 12.5. The van der Waals surface area contributed by atoms with Crippen LogP contribution in [0.1, 0.15) is 38.8 Å². The van der Waals surface area contributed by atoms with Crippen molar-refractivity contribution < 1.29 is 14.6 Å². The SMILES string of the molecule is CCc1ccc(OCCOCCO)c(C(C)(C)C)c1. The first-order chi connectivity index (χ1) is 8.99. The summed E-state index contributed by atoms with van der Waals surface area (Å²) in [6.45, 7) is 10.2. The van der Waals surface area contributed by atoms with Gasteiger partial charge in [0.25, 0.3) is 0 Å². The first-order valence-corrected chi connectivity index (χ1v) is 6.94. The highest BCUT2D eigenvalue weighted by atomic mass is 16.5. The number of aryl methyl sites for hydroxylation is 1. The summed E-state index contributed by atoms with van der Waals surface area (Å²) >= 11 is 0. The highest BCUT2D eigenvalue weighted by molar-refractivity contribution is 5.41. The molecular formula is C16H26O3. The van der Waals surface area contributed by atoms with E-state index in [1.165, 1.54) is 11.1 Å². The second kappa shape index (κ2) is 7.51. The lowest BCUT2D eigenvalue weighted by molar-refractivity contribution is 0.0701. The molecule has 0 aliphatic rings. The molecule has 0 atom stereocenters. The highest BCUT2D eigenvalue weighted by Gasteiger charge is 2.19. The number of hydrogen-bond acceptors (Lipinski definition) is 3. The molecule has 0 aliphatic heterocycles. The molecule has 3 heteroatoms. The lowest BCUT2D eigenvalue weighted by Crippen LogP contribution is -2.16. The number of benzene rings is 1. The minimum Gasteiger partial charge on any atom is -0.491 e. The Balaban J connectivity index is 2.71. The molecule has 0 saturated carbocycles. The number of hydrogen-bond donors (Lipinski definition) is 1. The molecule has 19 heavy (non-hydrogen) atoms. The fourth-order valence-electron chi connectivity index (χ4n) is 1.89. The summed E-state index contributed by atoms with van der Waals surface area (Å²) in [5.74, 6) is 0.928. The molecule has 0 saturated heterocycles. The van der Waals surface area contributed by atoms with Crippen LogP contribution in [0, 0.1) is 0 Å². The molecule has 3 nitrogen and oxygen atoms in total. The van der Waals surface area contributed by atoms with Gasteiger partial charge in [-0.15, -0.1) is 0 Å². The van der Waals surface area contributed by atoms with Gasteiger partial charge in [-0.25, -0.2) is 0 Å². The third kappa shape index (κ3) is 5.21. The van der Waals surface area contributed by atoms with Gasteiger partial charge in [-0.1, -0.05) is 39.8 Å². The average molecular weight is 266 g/mol. The summed E-state index contributed by atoms with van der Waals surface area (Å²) in [6.07, 6.45) is 1.03. The predicted octanol–water partition coefficient (Wildman–Crippen LogP) is 2.93. The van der Waals surface area contributed by atoms with Gasteiger partial charge in [-0.05, 0) is 29.0 Å². The van der Waals surface area contributed by atoms with Crippen LogP contribution in [-0.4, -0.2) is 31.5 Å². The van der Waals surface area contributed by atoms with Crippen molar-refractivity contribution in [1.82, 2.24) is 0 Å². The summed E-state index contributed by atoms with van der Waals surface area (Å²) in [5.41, 5.74) is 2.62. The largest absolute Gasteiger partial charge is 0.491 e. The number of rotatable bonds is 7. The molecule has 0 radical (unpaired) electrons. The maximum atomic E-state index is 8.63. The first-order valence-electron chi connectivity index (χ1n) is 6.94. The highest BCUT2D eigenvalue weighted by Crippen LogP contribution is 2.32. The van der Waals surface area contributed by atoms with Crippen LogP contribution in [0.2, 0.25) is 0 Å². The van der Waals surface area contributed by atoms with Crippen LogP contribution in [0.25, 0.3) is 0 Å². The van der Waals surface area contributed by atoms with E-state index in [1.54, 1.807) is 0 Å². The summed E-state index contributed by atoms with van der Waals surface area (Å²) in [4.78, 5) is 0. The summed E-state index contributed by atoms with van der Waals surface area (Å²) in [6, 6.07) is 6.38. The molecule has 1 rings (SSSR count). The minimum absolute atomic E-state index is 0.0540. The van der Waals surface area contributed by atoms with Crippen molar-refractivity contribution in [1.29, 1.82) is 0 Å². The van der Waals surface area contributed by atoms with Crippen LogP contribution >= 0.6 is 0 Å². The van der Waals surface area contributed by atoms with Gasteiger partial charge in [0, 0.05) is 0 Å². The molecule has 1 aromatic rings. The second-order valence-electron chi connectivity index (χ2n) is 5.62. The Labute approximate surface area is 116 Å². The van der Waals surface area contributed by atoms with Crippen molar-refractivity contribution in [3.8, 4) is 5.75 Å². The quantitative estimate of drug-likeness (QED) is 0.771. The Morgan fingerprint density at radius 1 is 1.11 bits per heavy atom. The van der Waals surface area contributed by atoms with Gasteiger partial charge in [0.05, 0.1) is 19.8 Å². The molecule has 0 fully saturated rings. The third-order valence-corrected chi connectivity index (χ3v) is 2.98. The van der Waals surface area contributed by atoms with Gasteiger partial charge in [0.1, 0.15) is 12.4 Å². The number of ether oxygens (including phenoxy) is 2. The van der Waals surface area contributed by atoms with Crippen LogP contribution in [-0.2, 0) is 16.6 Å². The standard InChI is InChI=1S/C16H26O3/c1-5-13-6-7-15(14(12-13)16(2,3)4)19-11-10-18-9-8-17/h6-7,12,17H,5,8-11H2,1-4H3. The van der Waals surface area contributed by atoms with Crippen molar-refractivity contribution in [3.63, 3.8) is 0 Å². The molecule has 0 bridgehead atoms. The topological polar surface area (TPSA) is 38.7 Å². The molecule has 0 amide bonds. The Morgan fingerprint density at radius 2 is 1.84 bits per heavy atom. The number of aliphatic hydroxyl groups is 1. The van der Waals surface area contributed by atoms with Gasteiger partial charge >= 0.3 is 0 Å². The van der Waals surface area contributed by atoms with E-state index in [0.29, 0.717) is 19.8 Å². The van der Waals surface area contributed by atoms with E-state index >= 15 is 0 Å². The molecule has 0 heterocycles. The lowest BCUT2D eigenvalue weighted by atomic mass is 9.85. The van der Waals surface area contributed by atoms with E-state index < -0.39 is 0 Å². The van der Waals surface area contributed by atoms with Crippen LogP contribution in [0.4, 0.5) is 0 Å².